The van der Waals surface area contributed by atoms with Crippen LogP contribution in [-0.2, 0) is 0 Å². The molecule has 0 radical (unpaired) electrons. The largest absolute Gasteiger partial charge is 0.508 e. The number of phenolic OH excluding ortho intramolecular Hbond substituents is 1. The van der Waals surface area contributed by atoms with E-state index in [9.17, 15) is 9.90 Å². The molecule has 0 aromatic heterocycles. The molecule has 0 unspecified atom stereocenters. The Morgan fingerprint density at radius 2 is 1.85 bits per heavy atom. The summed E-state index contributed by atoms with van der Waals surface area (Å²) in [6.45, 7) is 1.77. The van der Waals surface area contributed by atoms with E-state index in [4.69, 9.17) is 0 Å². The van der Waals surface area contributed by atoms with Crippen LogP contribution in [0.1, 0.15) is 15.9 Å². The maximum absolute atomic E-state index is 12.2. The van der Waals surface area contributed by atoms with Crippen molar-refractivity contribution in [1.82, 2.24) is 0 Å². The van der Waals surface area contributed by atoms with Crippen LogP contribution in [0.5, 0.6) is 5.75 Å². The van der Waals surface area contributed by atoms with Crippen LogP contribution in [0.2, 0.25) is 0 Å². The maximum Gasteiger partial charge on any atom is 0.255 e. The van der Waals surface area contributed by atoms with Crippen molar-refractivity contribution in [3.05, 3.63) is 53.6 Å². The normalized spacial score (nSPS) is 10.2. The molecular weight excluding hydrogens is 252 g/mol. The minimum Gasteiger partial charge on any atom is -0.508 e. The van der Waals surface area contributed by atoms with Crippen LogP contribution in [0, 0.1) is 6.92 Å². The van der Waals surface area contributed by atoms with Crippen LogP contribution >= 0.6 is 0 Å². The summed E-state index contributed by atoms with van der Waals surface area (Å²) in [5.41, 5.74) is 2.82. The molecule has 2 aromatic carbocycles. The zero-order valence-corrected chi connectivity index (χ0v) is 11.8. The molecule has 0 atom stereocenters. The molecular formula is C16H18N2O2. The van der Waals surface area contributed by atoms with Gasteiger partial charge in [-0.3, -0.25) is 4.79 Å². The molecule has 0 aliphatic heterocycles. The van der Waals surface area contributed by atoms with Gasteiger partial charge in [0.2, 0.25) is 0 Å². The molecule has 20 heavy (non-hydrogen) atoms. The van der Waals surface area contributed by atoms with Gasteiger partial charge in [-0.2, -0.15) is 0 Å². The van der Waals surface area contributed by atoms with Gasteiger partial charge in [0.1, 0.15) is 5.75 Å². The van der Waals surface area contributed by atoms with Crippen molar-refractivity contribution in [3.63, 3.8) is 0 Å². The fraction of sp³-hybridized carbons (Fsp3) is 0.188. The standard InChI is InChI=1S/C16H18N2O2/c1-11-14(8-5-9-15(11)19)17-16(20)12-6-4-7-13(10-12)18(2)3/h4-10,19H,1-3H3,(H,17,20). The molecule has 1 amide bonds. The number of aromatic hydroxyl groups is 1. The Labute approximate surface area is 118 Å². The smallest absolute Gasteiger partial charge is 0.255 e. The highest BCUT2D eigenvalue weighted by molar-refractivity contribution is 6.05. The minimum absolute atomic E-state index is 0.171. The molecule has 2 aromatic rings. The number of carbonyl (C=O) groups excluding carboxylic acids is 1. The Bertz CT molecular complexity index is 636. The maximum atomic E-state index is 12.2. The fourth-order valence-electron chi connectivity index (χ4n) is 1.88. The summed E-state index contributed by atoms with van der Waals surface area (Å²) < 4.78 is 0. The number of hydrogen-bond acceptors (Lipinski definition) is 3. The van der Waals surface area contributed by atoms with Crippen LogP contribution < -0.4 is 10.2 Å². The quantitative estimate of drug-likeness (QED) is 0.901. The second-order valence-corrected chi connectivity index (χ2v) is 4.85. The molecule has 2 N–H and O–H groups in total. The summed E-state index contributed by atoms with van der Waals surface area (Å²) in [5.74, 6) is -0.0211. The van der Waals surface area contributed by atoms with E-state index in [-0.39, 0.29) is 11.7 Å². The summed E-state index contributed by atoms with van der Waals surface area (Å²) in [5, 5.41) is 12.5. The predicted octanol–water partition coefficient (Wildman–Crippen LogP) is 3.02. The number of anilines is 2. The van der Waals surface area contributed by atoms with Gasteiger partial charge in [0.25, 0.3) is 5.91 Å². The summed E-state index contributed by atoms with van der Waals surface area (Å²) in [4.78, 5) is 14.2. The molecule has 4 heteroatoms. The van der Waals surface area contributed by atoms with Gasteiger partial charge in [-0.1, -0.05) is 12.1 Å². The molecule has 4 nitrogen and oxygen atoms in total. The van der Waals surface area contributed by atoms with Gasteiger partial charge in [0.05, 0.1) is 0 Å². The van der Waals surface area contributed by atoms with Crippen molar-refractivity contribution in [1.29, 1.82) is 0 Å². The number of amides is 1. The first-order valence-electron chi connectivity index (χ1n) is 6.36. The highest BCUT2D eigenvalue weighted by atomic mass is 16.3. The highest BCUT2D eigenvalue weighted by Crippen LogP contribution is 2.24. The first kappa shape index (κ1) is 13.9. The second kappa shape index (κ2) is 5.65. The average molecular weight is 270 g/mol. The van der Waals surface area contributed by atoms with Crippen LogP contribution in [0.15, 0.2) is 42.5 Å². The molecule has 0 bridgehead atoms. The Balaban J connectivity index is 2.24. The Hall–Kier alpha value is -2.49. The molecule has 104 valence electrons. The number of rotatable bonds is 3. The molecule has 0 saturated heterocycles. The van der Waals surface area contributed by atoms with Crippen molar-refractivity contribution >= 4 is 17.3 Å². The summed E-state index contributed by atoms with van der Waals surface area (Å²) in [6, 6.07) is 12.4. The average Bonchev–Trinajstić information content (AvgIpc) is 2.44. The third-order valence-corrected chi connectivity index (χ3v) is 3.18. The first-order chi connectivity index (χ1) is 9.49. The lowest BCUT2D eigenvalue weighted by Gasteiger charge is -2.14. The number of phenols is 1. The zero-order valence-electron chi connectivity index (χ0n) is 11.8. The highest BCUT2D eigenvalue weighted by Gasteiger charge is 2.10. The molecule has 2 rings (SSSR count). The summed E-state index contributed by atoms with van der Waals surface area (Å²) in [7, 11) is 3.85. The topological polar surface area (TPSA) is 52.6 Å². The lowest BCUT2D eigenvalue weighted by molar-refractivity contribution is 0.102. The van der Waals surface area contributed by atoms with Crippen LogP contribution in [0.4, 0.5) is 11.4 Å². The Morgan fingerprint density at radius 3 is 2.55 bits per heavy atom. The SMILES string of the molecule is Cc1c(O)cccc1NC(=O)c1cccc(N(C)C)c1. The van der Waals surface area contributed by atoms with E-state index in [1.54, 1.807) is 31.2 Å². The molecule has 0 spiro atoms. The number of nitrogens with zero attached hydrogens (tertiary/aromatic N) is 1. The third kappa shape index (κ3) is 2.91. The van der Waals surface area contributed by atoms with Crippen molar-refractivity contribution in [2.45, 2.75) is 6.92 Å². The number of carbonyl (C=O) groups is 1. The Morgan fingerprint density at radius 1 is 1.15 bits per heavy atom. The van der Waals surface area contributed by atoms with Crippen molar-refractivity contribution in [3.8, 4) is 5.75 Å². The molecule has 0 fully saturated rings. The summed E-state index contributed by atoms with van der Waals surface area (Å²) >= 11 is 0. The monoisotopic (exact) mass is 270 g/mol. The van der Waals surface area contributed by atoms with Gasteiger partial charge >= 0.3 is 0 Å². The van der Waals surface area contributed by atoms with Gasteiger partial charge in [-0.25, -0.2) is 0 Å². The van der Waals surface area contributed by atoms with Crippen molar-refractivity contribution in [2.75, 3.05) is 24.3 Å². The Kier molecular flexibility index (Phi) is 3.94. The lowest BCUT2D eigenvalue weighted by atomic mass is 10.1. The van der Waals surface area contributed by atoms with Gasteiger partial charge in [0.15, 0.2) is 0 Å². The van der Waals surface area contributed by atoms with Crippen LogP contribution in [0.3, 0.4) is 0 Å². The van der Waals surface area contributed by atoms with E-state index in [0.29, 0.717) is 16.8 Å². The van der Waals surface area contributed by atoms with Gasteiger partial charge in [-0.15, -0.1) is 0 Å². The summed E-state index contributed by atoms with van der Waals surface area (Å²) in [6.07, 6.45) is 0. The molecule has 0 heterocycles. The molecule has 0 saturated carbocycles. The second-order valence-electron chi connectivity index (χ2n) is 4.85. The first-order valence-corrected chi connectivity index (χ1v) is 6.36. The van der Waals surface area contributed by atoms with Gasteiger partial charge in [0, 0.05) is 36.6 Å². The number of benzene rings is 2. The van der Waals surface area contributed by atoms with E-state index in [0.717, 1.165) is 5.69 Å². The van der Waals surface area contributed by atoms with Crippen molar-refractivity contribution < 1.29 is 9.90 Å². The van der Waals surface area contributed by atoms with Gasteiger partial charge < -0.3 is 15.3 Å². The number of nitrogens with one attached hydrogen (secondary N) is 1. The van der Waals surface area contributed by atoms with E-state index < -0.39 is 0 Å². The third-order valence-electron chi connectivity index (χ3n) is 3.18. The van der Waals surface area contributed by atoms with E-state index in [1.807, 2.05) is 37.2 Å². The van der Waals surface area contributed by atoms with E-state index in [2.05, 4.69) is 5.32 Å². The van der Waals surface area contributed by atoms with Crippen molar-refractivity contribution in [2.24, 2.45) is 0 Å². The van der Waals surface area contributed by atoms with Crippen LogP contribution in [0.25, 0.3) is 0 Å². The predicted molar refractivity (Wildman–Crippen MR) is 81.6 cm³/mol. The molecule has 0 aliphatic carbocycles. The van der Waals surface area contributed by atoms with Gasteiger partial charge in [-0.05, 0) is 37.3 Å². The number of hydrogen-bond donors (Lipinski definition) is 2. The zero-order chi connectivity index (χ0) is 14.7. The van der Waals surface area contributed by atoms with E-state index >= 15 is 0 Å². The minimum atomic E-state index is -0.192. The fourth-order valence-corrected chi connectivity index (χ4v) is 1.88. The molecule has 0 aliphatic rings. The van der Waals surface area contributed by atoms with E-state index in [1.165, 1.54) is 0 Å². The lowest BCUT2D eigenvalue weighted by Crippen LogP contribution is -2.14. The van der Waals surface area contributed by atoms with Crippen LogP contribution in [-0.4, -0.2) is 25.1 Å².